The molecule has 1 fully saturated rings. The number of fused-ring (bicyclic) bond motifs is 1. The molecule has 0 atom stereocenters. The van der Waals surface area contributed by atoms with Crippen molar-refractivity contribution in [2.75, 3.05) is 13.1 Å². The zero-order valence-corrected chi connectivity index (χ0v) is 19.8. The summed E-state index contributed by atoms with van der Waals surface area (Å²) in [5.74, 6) is 1.48. The molecular weight excluding hydrogens is 453 g/mol. The standard InChI is InChI=1S/C23H31F3N4O2S/c1-29-13-18(12-27-29)11-19(31)10-17-4-2-16(3-5-17)6-8-30-9-7-21-20(14-30)28-22(33-21)15-32-23(24,25)26/h12-13,16-17H,2-11,14-15H2,1H3. The number of aryl methyl sites for hydroxylation is 1. The third-order valence-electron chi connectivity index (χ3n) is 6.71. The largest absolute Gasteiger partial charge is 0.522 e. The van der Waals surface area contributed by atoms with E-state index in [-0.39, 0.29) is 0 Å². The quantitative estimate of drug-likeness (QED) is 0.518. The van der Waals surface area contributed by atoms with Gasteiger partial charge in [0.05, 0.1) is 11.9 Å². The third kappa shape index (κ3) is 7.35. The summed E-state index contributed by atoms with van der Waals surface area (Å²) in [6.45, 7) is 2.11. The highest BCUT2D eigenvalue weighted by Crippen LogP contribution is 2.34. The zero-order chi connectivity index (χ0) is 23.4. The number of aromatic nitrogens is 3. The summed E-state index contributed by atoms with van der Waals surface area (Å²) in [5.41, 5.74) is 1.89. The van der Waals surface area contributed by atoms with Crippen molar-refractivity contribution in [3.05, 3.63) is 33.5 Å². The van der Waals surface area contributed by atoms with Crippen LogP contribution in [0.2, 0.25) is 0 Å². The van der Waals surface area contributed by atoms with Crippen molar-refractivity contribution >= 4 is 17.1 Å². The Morgan fingerprint density at radius 2 is 2.00 bits per heavy atom. The summed E-state index contributed by atoms with van der Waals surface area (Å²) in [7, 11) is 1.86. The molecule has 0 spiro atoms. The van der Waals surface area contributed by atoms with E-state index in [9.17, 15) is 18.0 Å². The number of carbonyl (C=O) groups excluding carboxylic acids is 1. The molecule has 0 bridgehead atoms. The Hall–Kier alpha value is -1.78. The molecule has 3 heterocycles. The van der Waals surface area contributed by atoms with E-state index < -0.39 is 13.0 Å². The summed E-state index contributed by atoms with van der Waals surface area (Å²) in [6, 6.07) is 0. The van der Waals surface area contributed by atoms with E-state index in [1.807, 2.05) is 13.2 Å². The minimum absolute atomic E-state index is 0.304. The lowest BCUT2D eigenvalue weighted by molar-refractivity contribution is -0.330. The number of nitrogens with zero attached hydrogens (tertiary/aromatic N) is 4. The average molecular weight is 485 g/mol. The molecule has 0 radical (unpaired) electrons. The van der Waals surface area contributed by atoms with Crippen LogP contribution in [0.4, 0.5) is 13.2 Å². The van der Waals surface area contributed by atoms with Gasteiger partial charge < -0.3 is 0 Å². The molecule has 1 saturated carbocycles. The molecule has 0 unspecified atom stereocenters. The fourth-order valence-electron chi connectivity index (χ4n) is 4.98. The van der Waals surface area contributed by atoms with Crippen LogP contribution in [0, 0.1) is 11.8 Å². The summed E-state index contributed by atoms with van der Waals surface area (Å²) in [4.78, 5) is 20.2. The van der Waals surface area contributed by atoms with Crippen molar-refractivity contribution in [2.24, 2.45) is 18.9 Å². The second-order valence-electron chi connectivity index (χ2n) is 9.36. The number of alkyl halides is 3. The first-order valence-electron chi connectivity index (χ1n) is 11.6. The molecular formula is C23H31F3N4O2S. The number of ether oxygens (including phenoxy) is 1. The van der Waals surface area contributed by atoms with Crippen LogP contribution < -0.4 is 0 Å². The van der Waals surface area contributed by atoms with Crippen LogP contribution in [0.5, 0.6) is 0 Å². The number of thiazole rings is 1. The van der Waals surface area contributed by atoms with E-state index in [1.54, 1.807) is 10.9 Å². The van der Waals surface area contributed by atoms with Gasteiger partial charge in [-0.25, -0.2) is 4.98 Å². The molecule has 10 heteroatoms. The van der Waals surface area contributed by atoms with Crippen molar-refractivity contribution < 1.29 is 22.7 Å². The molecule has 182 valence electrons. The maximum Gasteiger partial charge on any atom is 0.522 e. The van der Waals surface area contributed by atoms with Crippen molar-refractivity contribution in [2.45, 2.75) is 70.9 Å². The summed E-state index contributed by atoms with van der Waals surface area (Å²) >= 11 is 1.34. The van der Waals surface area contributed by atoms with Crippen LogP contribution in [-0.4, -0.2) is 44.9 Å². The lowest BCUT2D eigenvalue weighted by Crippen LogP contribution is -2.32. The van der Waals surface area contributed by atoms with Crippen LogP contribution in [0.1, 0.15) is 59.7 Å². The summed E-state index contributed by atoms with van der Waals surface area (Å²) in [5, 5.41) is 4.53. The van der Waals surface area contributed by atoms with Crippen LogP contribution >= 0.6 is 11.3 Å². The molecule has 6 nitrogen and oxygen atoms in total. The fourth-order valence-corrected chi connectivity index (χ4v) is 5.96. The van der Waals surface area contributed by atoms with Gasteiger partial charge in [0, 0.05) is 44.1 Å². The van der Waals surface area contributed by atoms with Gasteiger partial charge in [-0.1, -0.05) is 12.8 Å². The Morgan fingerprint density at radius 1 is 1.24 bits per heavy atom. The topological polar surface area (TPSA) is 60.2 Å². The lowest BCUT2D eigenvalue weighted by Gasteiger charge is -2.31. The number of hydrogen-bond donors (Lipinski definition) is 0. The Balaban J connectivity index is 1.15. The lowest BCUT2D eigenvalue weighted by atomic mass is 9.78. The molecule has 0 N–H and O–H groups in total. The van der Waals surface area contributed by atoms with Gasteiger partial charge in [-0.15, -0.1) is 24.5 Å². The summed E-state index contributed by atoms with van der Waals surface area (Å²) < 4.78 is 42.4. The van der Waals surface area contributed by atoms with Crippen LogP contribution in [0.25, 0.3) is 0 Å². The minimum atomic E-state index is -4.62. The number of ketones is 1. The number of rotatable bonds is 9. The van der Waals surface area contributed by atoms with Gasteiger partial charge in [-0.2, -0.15) is 5.10 Å². The van der Waals surface area contributed by atoms with Crippen LogP contribution in [0.15, 0.2) is 12.4 Å². The Bertz CT molecular complexity index is 935. The van der Waals surface area contributed by atoms with Gasteiger partial charge in [-0.05, 0) is 49.6 Å². The Morgan fingerprint density at radius 3 is 2.70 bits per heavy atom. The smallest absolute Gasteiger partial charge is 0.299 e. The molecule has 4 rings (SSSR count). The number of Topliss-reactive ketones (excluding diaryl/α,β-unsaturated/α-hetero) is 1. The van der Waals surface area contributed by atoms with E-state index in [1.165, 1.54) is 24.2 Å². The van der Waals surface area contributed by atoms with E-state index in [0.717, 1.165) is 54.9 Å². The van der Waals surface area contributed by atoms with Crippen molar-refractivity contribution in [1.29, 1.82) is 0 Å². The van der Waals surface area contributed by atoms with E-state index in [4.69, 9.17) is 0 Å². The highest BCUT2D eigenvalue weighted by Gasteiger charge is 2.30. The first kappa shape index (κ1) is 24.3. The predicted octanol–water partition coefficient (Wildman–Crippen LogP) is 4.67. The SMILES string of the molecule is Cn1cc(CC(=O)CC2CCC(CCN3CCc4sc(COC(F)(F)F)nc4C3)CC2)cn1. The molecule has 2 aliphatic rings. The van der Waals surface area contributed by atoms with Crippen molar-refractivity contribution in [3.63, 3.8) is 0 Å². The van der Waals surface area contributed by atoms with E-state index in [2.05, 4.69) is 19.7 Å². The third-order valence-corrected chi connectivity index (χ3v) is 7.84. The van der Waals surface area contributed by atoms with Gasteiger partial charge in [0.15, 0.2) is 0 Å². The molecule has 1 aliphatic carbocycles. The molecule has 2 aromatic rings. The van der Waals surface area contributed by atoms with Gasteiger partial charge in [0.1, 0.15) is 17.4 Å². The Labute approximate surface area is 196 Å². The van der Waals surface area contributed by atoms with E-state index >= 15 is 0 Å². The molecule has 0 aromatic carbocycles. The second kappa shape index (κ2) is 10.7. The second-order valence-corrected chi connectivity index (χ2v) is 10.5. The molecule has 2 aromatic heterocycles. The maximum absolute atomic E-state index is 12.4. The number of halogens is 3. The van der Waals surface area contributed by atoms with Gasteiger partial charge in [0.25, 0.3) is 0 Å². The van der Waals surface area contributed by atoms with E-state index in [0.29, 0.717) is 42.0 Å². The van der Waals surface area contributed by atoms with Crippen molar-refractivity contribution in [1.82, 2.24) is 19.7 Å². The molecule has 33 heavy (non-hydrogen) atoms. The van der Waals surface area contributed by atoms with Gasteiger partial charge >= 0.3 is 6.36 Å². The predicted molar refractivity (Wildman–Crippen MR) is 119 cm³/mol. The molecule has 0 amide bonds. The normalized spacial score (nSPS) is 21.8. The minimum Gasteiger partial charge on any atom is -0.299 e. The monoisotopic (exact) mass is 484 g/mol. The Kier molecular flexibility index (Phi) is 7.86. The summed E-state index contributed by atoms with van der Waals surface area (Å²) in [6.07, 6.45) is 6.71. The number of hydrogen-bond acceptors (Lipinski definition) is 6. The van der Waals surface area contributed by atoms with Crippen molar-refractivity contribution in [3.8, 4) is 0 Å². The highest BCUT2D eigenvalue weighted by atomic mass is 32.1. The zero-order valence-electron chi connectivity index (χ0n) is 18.9. The fraction of sp³-hybridized carbons (Fsp3) is 0.696. The van der Waals surface area contributed by atoms with Crippen LogP contribution in [0.3, 0.4) is 0 Å². The molecule has 0 saturated heterocycles. The maximum atomic E-state index is 12.4. The molecule has 1 aliphatic heterocycles. The first-order valence-corrected chi connectivity index (χ1v) is 12.4. The first-order chi connectivity index (χ1) is 15.7. The van der Waals surface area contributed by atoms with Gasteiger partial charge in [0.2, 0.25) is 0 Å². The highest BCUT2D eigenvalue weighted by molar-refractivity contribution is 7.11. The number of carbonyl (C=O) groups is 1. The average Bonchev–Trinajstić information content (AvgIpc) is 3.36. The van der Waals surface area contributed by atoms with Crippen LogP contribution in [-0.2, 0) is 42.6 Å². The van der Waals surface area contributed by atoms with Gasteiger partial charge in [-0.3, -0.25) is 19.1 Å².